The van der Waals surface area contributed by atoms with Gasteiger partial charge in [-0.25, -0.2) is 0 Å². The van der Waals surface area contributed by atoms with Crippen molar-refractivity contribution in [2.75, 3.05) is 4.90 Å². The third-order valence-corrected chi connectivity index (χ3v) is 14.1. The van der Waals surface area contributed by atoms with E-state index in [4.69, 9.17) is 4.74 Å². The second-order valence-corrected chi connectivity index (χ2v) is 17.6. The standard InChI is InChI=1S/C60H41NO/c1-59(2)53-24-12-7-19-45(53)47-32-29-41(36-55(47)59)61(40-31-34-58-50(35-40)44-18-6-5-17-43(44)49-21-9-14-26-57(49)62-58)42-30-33-48-46-20-8-13-25-54(46)60(56(48)37-42)51-22-10-3-15-38(51)27-28-39-16-4-11-23-52(39)60/h3-37H,1-2H3. The van der Waals surface area contributed by atoms with Gasteiger partial charge in [0.1, 0.15) is 11.5 Å². The van der Waals surface area contributed by atoms with Crippen molar-refractivity contribution in [3.8, 4) is 56.0 Å². The van der Waals surface area contributed by atoms with E-state index >= 15 is 0 Å². The van der Waals surface area contributed by atoms with E-state index in [0.717, 1.165) is 45.3 Å². The summed E-state index contributed by atoms with van der Waals surface area (Å²) in [6.07, 6.45) is 4.61. The first-order chi connectivity index (χ1) is 30.5. The second kappa shape index (κ2) is 12.9. The minimum atomic E-state index is -0.543. The number of ether oxygens (including phenoxy) is 1. The van der Waals surface area contributed by atoms with E-state index in [9.17, 15) is 0 Å². The molecule has 1 spiro atoms. The smallest absolute Gasteiger partial charge is 0.135 e. The molecule has 3 aliphatic carbocycles. The summed E-state index contributed by atoms with van der Waals surface area (Å²) >= 11 is 0. The molecule has 0 N–H and O–H groups in total. The highest BCUT2D eigenvalue weighted by atomic mass is 16.5. The molecular weight excluding hydrogens is 751 g/mol. The zero-order valence-corrected chi connectivity index (χ0v) is 34.6. The Morgan fingerprint density at radius 3 is 1.44 bits per heavy atom. The summed E-state index contributed by atoms with van der Waals surface area (Å²) in [6.45, 7) is 4.73. The van der Waals surface area contributed by atoms with Crippen molar-refractivity contribution in [2.45, 2.75) is 24.7 Å². The minimum absolute atomic E-state index is 0.162. The number of anilines is 3. The number of para-hydroxylation sites is 1. The lowest BCUT2D eigenvalue weighted by atomic mass is 9.66. The molecule has 1 aliphatic heterocycles. The van der Waals surface area contributed by atoms with Gasteiger partial charge in [-0.05, 0) is 126 Å². The van der Waals surface area contributed by atoms with Crippen LogP contribution in [0.5, 0.6) is 11.5 Å². The summed E-state index contributed by atoms with van der Waals surface area (Å²) in [4.78, 5) is 2.48. The molecule has 1 heterocycles. The van der Waals surface area contributed by atoms with Crippen LogP contribution in [-0.4, -0.2) is 0 Å². The van der Waals surface area contributed by atoms with Crippen LogP contribution in [0.15, 0.2) is 200 Å². The summed E-state index contributed by atoms with van der Waals surface area (Å²) in [5.41, 5.74) is 22.6. The number of nitrogens with zero attached hydrogens (tertiary/aromatic N) is 1. The molecular formula is C60H41NO. The largest absolute Gasteiger partial charge is 0.456 e. The fourth-order valence-electron chi connectivity index (χ4n) is 11.4. The van der Waals surface area contributed by atoms with Crippen molar-refractivity contribution in [1.29, 1.82) is 0 Å². The maximum atomic E-state index is 6.78. The zero-order valence-electron chi connectivity index (χ0n) is 34.6. The molecule has 0 radical (unpaired) electrons. The van der Waals surface area contributed by atoms with E-state index < -0.39 is 5.41 Å². The Bertz CT molecular complexity index is 3330. The van der Waals surface area contributed by atoms with Gasteiger partial charge in [-0.2, -0.15) is 0 Å². The molecule has 292 valence electrons. The van der Waals surface area contributed by atoms with Crippen molar-refractivity contribution >= 4 is 29.2 Å². The van der Waals surface area contributed by atoms with Crippen LogP contribution in [0.2, 0.25) is 0 Å². The van der Waals surface area contributed by atoms with E-state index in [1.807, 2.05) is 0 Å². The van der Waals surface area contributed by atoms with Crippen LogP contribution in [0.4, 0.5) is 17.1 Å². The molecule has 0 unspecified atom stereocenters. The average Bonchev–Trinajstić information content (AvgIpc) is 3.59. The normalized spacial score (nSPS) is 14.6. The third kappa shape index (κ3) is 4.75. The van der Waals surface area contributed by atoms with Crippen LogP contribution >= 0.6 is 0 Å². The topological polar surface area (TPSA) is 12.5 Å². The number of rotatable bonds is 3. The fraction of sp³-hybridized carbons (Fsp3) is 0.0667. The summed E-state index contributed by atoms with van der Waals surface area (Å²) in [5.74, 6) is 1.71. The number of benzene rings is 9. The van der Waals surface area contributed by atoms with Gasteiger partial charge in [-0.3, -0.25) is 0 Å². The highest BCUT2D eigenvalue weighted by Crippen LogP contribution is 2.60. The Hall–Kier alpha value is -7.68. The second-order valence-electron chi connectivity index (χ2n) is 17.6. The molecule has 0 atom stereocenters. The van der Waals surface area contributed by atoms with Gasteiger partial charge in [0.25, 0.3) is 0 Å². The summed E-state index contributed by atoms with van der Waals surface area (Å²) in [7, 11) is 0. The lowest BCUT2D eigenvalue weighted by Crippen LogP contribution is -2.30. The van der Waals surface area contributed by atoms with Gasteiger partial charge in [0.05, 0.1) is 5.41 Å². The van der Waals surface area contributed by atoms with Crippen LogP contribution < -0.4 is 9.64 Å². The molecule has 0 aromatic heterocycles. The first-order valence-electron chi connectivity index (χ1n) is 21.7. The molecule has 0 saturated heterocycles. The molecule has 2 nitrogen and oxygen atoms in total. The van der Waals surface area contributed by atoms with Gasteiger partial charge < -0.3 is 9.64 Å². The Kier molecular flexibility index (Phi) is 7.31. The van der Waals surface area contributed by atoms with E-state index in [2.05, 4.69) is 231 Å². The van der Waals surface area contributed by atoms with Gasteiger partial charge in [-0.1, -0.05) is 178 Å². The van der Waals surface area contributed by atoms with Gasteiger partial charge in [0.15, 0.2) is 0 Å². The Morgan fingerprint density at radius 1 is 0.323 bits per heavy atom. The summed E-state index contributed by atoms with van der Waals surface area (Å²) in [5, 5.41) is 0. The van der Waals surface area contributed by atoms with Gasteiger partial charge in [0, 0.05) is 33.6 Å². The molecule has 9 aromatic rings. The molecule has 0 amide bonds. The van der Waals surface area contributed by atoms with Gasteiger partial charge in [0.2, 0.25) is 0 Å². The minimum Gasteiger partial charge on any atom is -0.456 e. The molecule has 0 bridgehead atoms. The van der Waals surface area contributed by atoms with Crippen LogP contribution in [-0.2, 0) is 10.8 Å². The Labute approximate surface area is 362 Å². The average molecular weight is 792 g/mol. The summed E-state index contributed by atoms with van der Waals surface area (Å²) in [6, 6.07) is 74.1. The number of hydrogen-bond donors (Lipinski definition) is 0. The van der Waals surface area contributed by atoms with Gasteiger partial charge >= 0.3 is 0 Å². The van der Waals surface area contributed by atoms with E-state index in [1.54, 1.807) is 0 Å². The maximum Gasteiger partial charge on any atom is 0.135 e. The van der Waals surface area contributed by atoms with Crippen LogP contribution in [0, 0.1) is 0 Å². The van der Waals surface area contributed by atoms with Crippen LogP contribution in [0.3, 0.4) is 0 Å². The fourth-order valence-corrected chi connectivity index (χ4v) is 11.4. The number of hydrogen-bond acceptors (Lipinski definition) is 2. The first kappa shape index (κ1) is 35.1. The van der Waals surface area contributed by atoms with Crippen LogP contribution in [0.25, 0.3) is 56.7 Å². The van der Waals surface area contributed by atoms with E-state index in [0.29, 0.717) is 0 Å². The summed E-state index contributed by atoms with van der Waals surface area (Å²) < 4.78 is 6.78. The lowest BCUT2D eigenvalue weighted by molar-refractivity contribution is 0.488. The van der Waals surface area contributed by atoms with E-state index in [1.165, 1.54) is 72.3 Å². The van der Waals surface area contributed by atoms with Crippen molar-refractivity contribution in [3.63, 3.8) is 0 Å². The Morgan fingerprint density at radius 2 is 0.758 bits per heavy atom. The highest BCUT2D eigenvalue weighted by Gasteiger charge is 2.48. The number of fused-ring (bicyclic) bond motifs is 17. The van der Waals surface area contributed by atoms with Crippen molar-refractivity contribution < 1.29 is 4.74 Å². The molecule has 62 heavy (non-hydrogen) atoms. The van der Waals surface area contributed by atoms with Crippen molar-refractivity contribution in [2.24, 2.45) is 0 Å². The molecule has 2 heteroatoms. The lowest BCUT2D eigenvalue weighted by Gasteiger charge is -2.36. The monoisotopic (exact) mass is 791 g/mol. The van der Waals surface area contributed by atoms with Gasteiger partial charge in [-0.15, -0.1) is 0 Å². The first-order valence-corrected chi connectivity index (χ1v) is 21.7. The molecule has 0 fully saturated rings. The Balaban J connectivity index is 1.08. The molecule has 9 aromatic carbocycles. The van der Waals surface area contributed by atoms with Crippen molar-refractivity contribution in [3.05, 3.63) is 245 Å². The maximum absolute atomic E-state index is 6.78. The van der Waals surface area contributed by atoms with E-state index in [-0.39, 0.29) is 5.41 Å². The zero-order chi connectivity index (χ0) is 41.2. The molecule has 0 saturated carbocycles. The van der Waals surface area contributed by atoms with Crippen molar-refractivity contribution in [1.82, 2.24) is 0 Å². The SMILES string of the molecule is CC1(C)c2ccccc2-c2ccc(N(c3ccc4c(c3)-c3ccccc3-c3ccccc3O4)c3ccc4c(c3)C3(c5ccccc5C=Cc5ccccc53)c3ccccc3-4)cc21. The predicted octanol–water partition coefficient (Wildman–Crippen LogP) is 15.7. The highest BCUT2D eigenvalue weighted by molar-refractivity contribution is 5.96. The predicted molar refractivity (Wildman–Crippen MR) is 256 cm³/mol. The molecule has 4 aliphatic rings. The van der Waals surface area contributed by atoms with Crippen LogP contribution in [0.1, 0.15) is 58.4 Å². The quantitative estimate of drug-likeness (QED) is 0.177. The molecule has 13 rings (SSSR count). The third-order valence-electron chi connectivity index (χ3n) is 14.1.